The van der Waals surface area contributed by atoms with Crippen molar-refractivity contribution < 1.29 is 29.7 Å². The minimum atomic E-state index is -1.54. The summed E-state index contributed by atoms with van der Waals surface area (Å²) < 4.78 is 0. The van der Waals surface area contributed by atoms with Crippen molar-refractivity contribution in [2.75, 3.05) is 0 Å². The van der Waals surface area contributed by atoms with E-state index in [0.29, 0.717) is 6.08 Å². The zero-order valence-corrected chi connectivity index (χ0v) is 9.01. The first kappa shape index (κ1) is 16.3. The van der Waals surface area contributed by atoms with Crippen LogP contribution in [0.25, 0.3) is 0 Å². The Kier molecular flexibility index (Phi) is 8.39. The first-order valence-electron chi connectivity index (χ1n) is 4.25. The number of carbonyl (C=O) groups is 3. The molecule has 0 aliphatic rings. The van der Waals surface area contributed by atoms with E-state index in [0.717, 1.165) is 6.92 Å². The van der Waals surface area contributed by atoms with Crippen LogP contribution in [-0.2, 0) is 14.4 Å². The normalized spacial score (nSPS) is 11.8. The van der Waals surface area contributed by atoms with Crippen molar-refractivity contribution >= 4 is 17.9 Å². The van der Waals surface area contributed by atoms with Gasteiger partial charge in [0.15, 0.2) is 0 Å². The van der Waals surface area contributed by atoms with Gasteiger partial charge in [0, 0.05) is 6.08 Å². The van der Waals surface area contributed by atoms with Gasteiger partial charge in [0.2, 0.25) is 0 Å². The molecule has 0 rings (SSSR count). The molecule has 90 valence electrons. The fraction of sp³-hybridized carbons (Fsp3) is 0.300. The van der Waals surface area contributed by atoms with Gasteiger partial charge in [-0.25, -0.2) is 9.59 Å². The molecular formula is C10H14O6. The van der Waals surface area contributed by atoms with E-state index in [-0.39, 0.29) is 0 Å². The van der Waals surface area contributed by atoms with Crippen molar-refractivity contribution in [2.24, 2.45) is 5.92 Å². The molecule has 0 fully saturated rings. The van der Waals surface area contributed by atoms with E-state index < -0.39 is 29.4 Å². The van der Waals surface area contributed by atoms with Crippen LogP contribution in [0.1, 0.15) is 13.8 Å². The van der Waals surface area contributed by atoms with Crippen molar-refractivity contribution in [3.05, 3.63) is 24.3 Å². The Morgan fingerprint density at radius 3 is 1.75 bits per heavy atom. The van der Waals surface area contributed by atoms with Gasteiger partial charge in [-0.15, -0.1) is 6.58 Å². The molecule has 0 bridgehead atoms. The lowest BCUT2D eigenvalue weighted by Gasteiger charge is -2.05. The van der Waals surface area contributed by atoms with Gasteiger partial charge in [-0.05, 0) is 13.8 Å². The van der Waals surface area contributed by atoms with Crippen LogP contribution in [0.2, 0.25) is 0 Å². The molecule has 3 N–H and O–H groups in total. The molecule has 0 heterocycles. The van der Waals surface area contributed by atoms with Crippen LogP contribution < -0.4 is 0 Å². The molecule has 0 saturated carbocycles. The molecule has 1 atom stereocenters. The summed E-state index contributed by atoms with van der Waals surface area (Å²) in [7, 11) is 0. The molecule has 6 nitrogen and oxygen atoms in total. The summed E-state index contributed by atoms with van der Waals surface area (Å²) in [5.74, 6) is -5.74. The lowest BCUT2D eigenvalue weighted by atomic mass is 10.0. The maximum atomic E-state index is 10.4. The van der Waals surface area contributed by atoms with E-state index in [1.807, 2.05) is 6.92 Å². The van der Waals surface area contributed by atoms with Crippen molar-refractivity contribution in [2.45, 2.75) is 13.8 Å². The SMILES string of the molecule is C=CC.CC(C(=O)O)C(=CC(=O)O)C(=O)O. The summed E-state index contributed by atoms with van der Waals surface area (Å²) >= 11 is 0. The van der Waals surface area contributed by atoms with Crippen LogP contribution in [0.4, 0.5) is 0 Å². The zero-order valence-electron chi connectivity index (χ0n) is 9.01. The molecular weight excluding hydrogens is 216 g/mol. The average molecular weight is 230 g/mol. The Morgan fingerprint density at radius 2 is 1.56 bits per heavy atom. The Balaban J connectivity index is 0. The third-order valence-corrected chi connectivity index (χ3v) is 1.36. The smallest absolute Gasteiger partial charge is 0.332 e. The summed E-state index contributed by atoms with van der Waals surface area (Å²) in [6.45, 7) is 6.35. The second-order valence-electron chi connectivity index (χ2n) is 2.71. The van der Waals surface area contributed by atoms with Crippen molar-refractivity contribution in [3.8, 4) is 0 Å². The highest BCUT2D eigenvalue weighted by molar-refractivity contribution is 5.99. The number of allylic oxidation sites excluding steroid dienone is 1. The van der Waals surface area contributed by atoms with Crippen molar-refractivity contribution in [3.63, 3.8) is 0 Å². The molecule has 0 amide bonds. The fourth-order valence-electron chi connectivity index (χ4n) is 0.638. The predicted molar refractivity (Wildman–Crippen MR) is 56.0 cm³/mol. The maximum absolute atomic E-state index is 10.4. The summed E-state index contributed by atoms with van der Waals surface area (Å²) in [5, 5.41) is 25.1. The van der Waals surface area contributed by atoms with E-state index >= 15 is 0 Å². The van der Waals surface area contributed by atoms with E-state index in [1.165, 1.54) is 0 Å². The number of hydrogen-bond acceptors (Lipinski definition) is 3. The number of rotatable bonds is 4. The molecule has 1 unspecified atom stereocenters. The Bertz CT molecular complexity index is 315. The van der Waals surface area contributed by atoms with Gasteiger partial charge in [-0.1, -0.05) is 6.08 Å². The first-order chi connectivity index (χ1) is 7.27. The molecule has 6 heteroatoms. The summed E-state index contributed by atoms with van der Waals surface area (Å²) in [6, 6.07) is 0. The summed E-state index contributed by atoms with van der Waals surface area (Å²) in [4.78, 5) is 30.8. The van der Waals surface area contributed by atoms with Gasteiger partial charge in [0.05, 0.1) is 11.5 Å². The third kappa shape index (κ3) is 7.31. The average Bonchev–Trinajstić information content (AvgIpc) is 2.13. The topological polar surface area (TPSA) is 112 Å². The van der Waals surface area contributed by atoms with E-state index in [4.69, 9.17) is 15.3 Å². The number of hydrogen-bond donors (Lipinski definition) is 3. The number of carboxylic acids is 3. The van der Waals surface area contributed by atoms with Crippen LogP contribution in [0, 0.1) is 5.92 Å². The molecule has 0 radical (unpaired) electrons. The van der Waals surface area contributed by atoms with Crippen LogP contribution in [0.5, 0.6) is 0 Å². The molecule has 0 aromatic heterocycles. The van der Waals surface area contributed by atoms with Crippen LogP contribution >= 0.6 is 0 Å². The number of carboxylic acid groups (broad SMARTS) is 3. The number of aliphatic carboxylic acids is 3. The highest BCUT2D eigenvalue weighted by atomic mass is 16.4. The largest absolute Gasteiger partial charge is 0.481 e. The van der Waals surface area contributed by atoms with Crippen molar-refractivity contribution in [1.82, 2.24) is 0 Å². The van der Waals surface area contributed by atoms with Gasteiger partial charge in [-0.3, -0.25) is 4.79 Å². The van der Waals surface area contributed by atoms with E-state index in [1.54, 1.807) is 6.08 Å². The van der Waals surface area contributed by atoms with Crippen LogP contribution in [0.15, 0.2) is 24.3 Å². The molecule has 0 saturated heterocycles. The van der Waals surface area contributed by atoms with Crippen molar-refractivity contribution in [1.29, 1.82) is 0 Å². The monoisotopic (exact) mass is 230 g/mol. The van der Waals surface area contributed by atoms with Gasteiger partial charge in [0.1, 0.15) is 0 Å². The van der Waals surface area contributed by atoms with Gasteiger partial charge >= 0.3 is 17.9 Å². The molecule has 0 aromatic rings. The molecule has 0 spiro atoms. The lowest BCUT2D eigenvalue weighted by molar-refractivity contribution is -0.143. The van der Waals surface area contributed by atoms with Crippen LogP contribution in [0.3, 0.4) is 0 Å². The first-order valence-corrected chi connectivity index (χ1v) is 4.25. The third-order valence-electron chi connectivity index (χ3n) is 1.36. The quantitative estimate of drug-likeness (QED) is 0.490. The molecule has 0 aromatic carbocycles. The second kappa shape index (κ2) is 8.22. The standard InChI is InChI=1S/C7H8O6.C3H6/c1-3(6(10)11)4(7(12)13)2-5(8)9;1-3-2/h2-3H,1H3,(H,8,9)(H,10,11)(H,12,13);3H,1H2,2H3. The summed E-state index contributed by atoms with van der Waals surface area (Å²) in [5.41, 5.74) is -0.653. The van der Waals surface area contributed by atoms with Gasteiger partial charge in [-0.2, -0.15) is 0 Å². The Hall–Kier alpha value is -2.11. The summed E-state index contributed by atoms with van der Waals surface area (Å²) in [6.07, 6.45) is 2.13. The van der Waals surface area contributed by atoms with E-state index in [9.17, 15) is 14.4 Å². The van der Waals surface area contributed by atoms with Gasteiger partial charge < -0.3 is 15.3 Å². The molecule has 0 aliphatic heterocycles. The molecule has 16 heavy (non-hydrogen) atoms. The molecule has 0 aliphatic carbocycles. The Morgan fingerprint density at radius 1 is 1.19 bits per heavy atom. The highest BCUT2D eigenvalue weighted by Gasteiger charge is 2.23. The van der Waals surface area contributed by atoms with Crippen LogP contribution in [-0.4, -0.2) is 33.2 Å². The highest BCUT2D eigenvalue weighted by Crippen LogP contribution is 2.10. The van der Waals surface area contributed by atoms with E-state index in [2.05, 4.69) is 6.58 Å². The Labute approximate surface area is 92.5 Å². The minimum Gasteiger partial charge on any atom is -0.481 e. The second-order valence-corrected chi connectivity index (χ2v) is 2.71. The zero-order chi connectivity index (χ0) is 13.3. The predicted octanol–water partition coefficient (Wildman–Crippen LogP) is 0.995. The lowest BCUT2D eigenvalue weighted by Crippen LogP contribution is -2.19. The minimum absolute atomic E-state index is 0.376. The van der Waals surface area contributed by atoms with Gasteiger partial charge in [0.25, 0.3) is 0 Å². The fourth-order valence-corrected chi connectivity index (χ4v) is 0.638. The maximum Gasteiger partial charge on any atom is 0.332 e.